The van der Waals surface area contributed by atoms with E-state index in [9.17, 15) is 4.79 Å². The van der Waals surface area contributed by atoms with Crippen LogP contribution in [0, 0.1) is 0 Å². The molecule has 166 valence electrons. The smallest absolute Gasteiger partial charge is 0.410 e. The molecule has 0 saturated carbocycles. The van der Waals surface area contributed by atoms with E-state index in [1.165, 1.54) is 11.3 Å². The first kappa shape index (κ1) is 21.7. The molecule has 1 aromatic heterocycles. The minimum Gasteiger partial charge on any atom is -0.444 e. The van der Waals surface area contributed by atoms with Crippen LogP contribution in [0.4, 0.5) is 16.2 Å². The lowest BCUT2D eigenvalue weighted by Gasteiger charge is -2.32. The summed E-state index contributed by atoms with van der Waals surface area (Å²) in [6.45, 7) is 8.20. The highest BCUT2D eigenvalue weighted by Crippen LogP contribution is 2.34. The third-order valence-electron chi connectivity index (χ3n) is 5.75. The predicted molar refractivity (Wildman–Crippen MR) is 128 cm³/mol. The van der Waals surface area contributed by atoms with Gasteiger partial charge in [-0.05, 0) is 81.7 Å². The van der Waals surface area contributed by atoms with Crippen LogP contribution in [0.3, 0.4) is 0 Å². The number of amides is 1. The summed E-state index contributed by atoms with van der Waals surface area (Å²) in [5.74, 6) is 0.559. The quantitative estimate of drug-likeness (QED) is 0.542. The summed E-state index contributed by atoms with van der Waals surface area (Å²) in [5, 5.41) is 2.01. The predicted octanol–water partition coefficient (Wildman–Crippen LogP) is 4.94. The lowest BCUT2D eigenvalue weighted by Crippen LogP contribution is -2.41. The maximum Gasteiger partial charge on any atom is 0.410 e. The number of aliphatic imine (C=N–C) groups is 1. The van der Waals surface area contributed by atoms with Crippen molar-refractivity contribution in [1.82, 2.24) is 4.90 Å². The van der Waals surface area contributed by atoms with Gasteiger partial charge in [-0.3, -0.25) is 0 Å². The van der Waals surface area contributed by atoms with Crippen molar-refractivity contribution in [3.05, 3.63) is 46.2 Å². The number of ether oxygens (including phenoxy) is 1. The van der Waals surface area contributed by atoms with Crippen LogP contribution in [0.2, 0.25) is 0 Å². The van der Waals surface area contributed by atoms with Crippen molar-refractivity contribution in [3.8, 4) is 0 Å². The van der Waals surface area contributed by atoms with Crippen LogP contribution in [-0.4, -0.2) is 48.1 Å². The van der Waals surface area contributed by atoms with E-state index in [0.29, 0.717) is 18.4 Å². The Balaban J connectivity index is 1.51. The van der Waals surface area contributed by atoms with Crippen molar-refractivity contribution < 1.29 is 9.53 Å². The van der Waals surface area contributed by atoms with Crippen LogP contribution in [0.1, 0.15) is 50.5 Å². The molecule has 2 N–H and O–H groups in total. The van der Waals surface area contributed by atoms with Gasteiger partial charge in [-0.2, -0.15) is 0 Å². The first-order valence-corrected chi connectivity index (χ1v) is 11.9. The lowest BCUT2D eigenvalue weighted by molar-refractivity contribution is 0.0292. The van der Waals surface area contributed by atoms with E-state index in [0.717, 1.165) is 49.3 Å². The molecule has 3 heterocycles. The number of hydrogen-bond acceptors (Lipinski definition) is 5. The van der Waals surface area contributed by atoms with Crippen molar-refractivity contribution >= 4 is 34.6 Å². The van der Waals surface area contributed by atoms with E-state index in [4.69, 9.17) is 10.5 Å². The number of hydrogen-bond donors (Lipinski definition) is 1. The molecule has 7 heteroatoms. The highest BCUT2D eigenvalue weighted by molar-refractivity contribution is 7.12. The van der Waals surface area contributed by atoms with Crippen molar-refractivity contribution in [1.29, 1.82) is 0 Å². The minimum atomic E-state index is -0.466. The number of carbonyl (C=O) groups is 1. The Labute approximate surface area is 188 Å². The van der Waals surface area contributed by atoms with Crippen LogP contribution in [0.25, 0.3) is 0 Å². The molecule has 4 rings (SSSR count). The molecule has 1 atom stereocenters. The molecule has 1 amide bonds. The van der Waals surface area contributed by atoms with Gasteiger partial charge >= 0.3 is 6.09 Å². The Morgan fingerprint density at radius 1 is 1.23 bits per heavy atom. The molecule has 2 aliphatic rings. The zero-order chi connectivity index (χ0) is 22.0. The largest absolute Gasteiger partial charge is 0.444 e. The number of amidine groups is 1. The Morgan fingerprint density at radius 2 is 2.06 bits per heavy atom. The fourth-order valence-electron chi connectivity index (χ4n) is 4.33. The molecule has 1 unspecified atom stereocenters. The second-order valence-corrected chi connectivity index (χ2v) is 10.3. The van der Waals surface area contributed by atoms with Crippen molar-refractivity contribution in [2.75, 3.05) is 24.5 Å². The number of likely N-dealkylation sites (tertiary alicyclic amines) is 1. The van der Waals surface area contributed by atoms with Gasteiger partial charge in [-0.1, -0.05) is 6.07 Å². The summed E-state index contributed by atoms with van der Waals surface area (Å²) >= 11 is 1.60. The van der Waals surface area contributed by atoms with Crippen LogP contribution in [0.5, 0.6) is 0 Å². The molecule has 0 aliphatic carbocycles. The molecular formula is C24H32N4O2S. The standard InChI is InChI=1S/C24H32N4O2S/c1-24(2,3)30-23(29)27-13-11-19(16-27)28-12-5-4-7-17-15-18(9-10-20(17)28)26-22(25)21-8-6-14-31-21/h6,8-10,14-15,19H,4-5,7,11-13,16H2,1-3H3,(H2,25,26). The summed E-state index contributed by atoms with van der Waals surface area (Å²) in [7, 11) is 0. The molecule has 2 aliphatic heterocycles. The second-order valence-electron chi connectivity index (χ2n) is 9.31. The molecule has 1 fully saturated rings. The Bertz CT molecular complexity index is 949. The summed E-state index contributed by atoms with van der Waals surface area (Å²) < 4.78 is 5.58. The summed E-state index contributed by atoms with van der Waals surface area (Å²) in [4.78, 5) is 22.5. The summed E-state index contributed by atoms with van der Waals surface area (Å²) in [5.41, 5.74) is 9.20. The Hall–Kier alpha value is -2.54. The van der Waals surface area contributed by atoms with Gasteiger partial charge in [0.2, 0.25) is 0 Å². The number of thiophene rings is 1. The summed E-state index contributed by atoms with van der Waals surface area (Å²) in [6, 6.07) is 10.7. The number of nitrogens with two attached hydrogens (primary N) is 1. The molecule has 31 heavy (non-hydrogen) atoms. The normalized spacial score (nSPS) is 19.8. The molecule has 1 aromatic carbocycles. The van der Waals surface area contributed by atoms with E-state index in [1.54, 1.807) is 11.3 Å². The zero-order valence-electron chi connectivity index (χ0n) is 18.6. The average Bonchev–Trinajstić information content (AvgIpc) is 3.36. The number of aryl methyl sites for hydroxylation is 1. The highest BCUT2D eigenvalue weighted by atomic mass is 32.1. The van der Waals surface area contributed by atoms with Gasteiger partial charge in [-0.15, -0.1) is 11.3 Å². The van der Waals surface area contributed by atoms with Gasteiger partial charge in [0, 0.05) is 31.4 Å². The second kappa shape index (κ2) is 8.91. The third-order valence-corrected chi connectivity index (χ3v) is 6.64. The monoisotopic (exact) mass is 440 g/mol. The molecule has 0 bridgehead atoms. The maximum atomic E-state index is 12.5. The molecular weight excluding hydrogens is 408 g/mol. The van der Waals surface area contributed by atoms with Gasteiger partial charge in [-0.25, -0.2) is 9.79 Å². The van der Waals surface area contributed by atoms with Gasteiger partial charge in [0.25, 0.3) is 0 Å². The van der Waals surface area contributed by atoms with Crippen molar-refractivity contribution in [3.63, 3.8) is 0 Å². The van der Waals surface area contributed by atoms with Crippen LogP contribution in [0.15, 0.2) is 40.7 Å². The number of fused-ring (bicyclic) bond motifs is 1. The van der Waals surface area contributed by atoms with Gasteiger partial charge in [0.1, 0.15) is 11.4 Å². The zero-order valence-corrected chi connectivity index (χ0v) is 19.5. The van der Waals surface area contributed by atoms with E-state index in [2.05, 4.69) is 28.1 Å². The van der Waals surface area contributed by atoms with Crippen LogP contribution < -0.4 is 10.6 Å². The van der Waals surface area contributed by atoms with E-state index >= 15 is 0 Å². The SMILES string of the molecule is CC(C)(C)OC(=O)N1CCC(N2CCCCc3cc(N=C(N)c4cccs4)ccc32)C1. The molecule has 2 aromatic rings. The first-order valence-electron chi connectivity index (χ1n) is 11.1. The highest BCUT2D eigenvalue weighted by Gasteiger charge is 2.34. The molecule has 6 nitrogen and oxygen atoms in total. The summed E-state index contributed by atoms with van der Waals surface area (Å²) in [6.07, 6.45) is 4.09. The molecule has 1 saturated heterocycles. The van der Waals surface area contributed by atoms with Crippen molar-refractivity contribution in [2.45, 2.75) is 58.1 Å². The van der Waals surface area contributed by atoms with E-state index in [1.807, 2.05) is 43.2 Å². The number of benzene rings is 1. The molecule has 0 spiro atoms. The Kier molecular flexibility index (Phi) is 6.23. The Morgan fingerprint density at radius 3 is 2.81 bits per heavy atom. The van der Waals surface area contributed by atoms with E-state index < -0.39 is 5.60 Å². The lowest BCUT2D eigenvalue weighted by atomic mass is 10.1. The number of anilines is 1. The average molecular weight is 441 g/mol. The topological polar surface area (TPSA) is 71.2 Å². The van der Waals surface area contributed by atoms with Gasteiger partial charge in [0.05, 0.1) is 10.6 Å². The fraction of sp³-hybridized carbons (Fsp3) is 0.500. The van der Waals surface area contributed by atoms with E-state index in [-0.39, 0.29) is 6.09 Å². The van der Waals surface area contributed by atoms with Crippen molar-refractivity contribution in [2.24, 2.45) is 10.7 Å². The number of nitrogens with zero attached hydrogens (tertiary/aromatic N) is 3. The third kappa shape index (κ3) is 5.21. The minimum absolute atomic E-state index is 0.209. The maximum absolute atomic E-state index is 12.5. The number of rotatable bonds is 3. The molecule has 0 radical (unpaired) electrons. The van der Waals surface area contributed by atoms with Crippen LogP contribution in [-0.2, 0) is 11.2 Å². The fourth-order valence-corrected chi connectivity index (χ4v) is 4.95. The van der Waals surface area contributed by atoms with Gasteiger partial charge in [0.15, 0.2) is 0 Å². The first-order chi connectivity index (χ1) is 14.8. The van der Waals surface area contributed by atoms with Crippen LogP contribution >= 0.6 is 11.3 Å². The number of carbonyl (C=O) groups excluding carboxylic acids is 1. The van der Waals surface area contributed by atoms with Gasteiger partial charge < -0.3 is 20.3 Å².